The third-order valence-corrected chi connectivity index (χ3v) is 15.7. The van der Waals surface area contributed by atoms with Crippen LogP contribution in [-0.4, -0.2) is 19.3 Å². The molecular weight excluding hydrogens is 780 g/mol. The molecule has 0 bridgehead atoms. The summed E-state index contributed by atoms with van der Waals surface area (Å²) in [5.41, 5.74) is 22.7. The van der Waals surface area contributed by atoms with Crippen LogP contribution in [0.3, 0.4) is 0 Å². The van der Waals surface area contributed by atoms with Crippen molar-refractivity contribution in [2.24, 2.45) is 5.92 Å². The molecule has 2 atom stereocenters. The fourth-order valence-corrected chi connectivity index (χ4v) is 12.0. The van der Waals surface area contributed by atoms with Crippen molar-refractivity contribution in [3.63, 3.8) is 0 Å². The second-order valence-electron chi connectivity index (χ2n) is 18.4. The molecular formula is C60H61N2P. The van der Waals surface area contributed by atoms with Crippen molar-refractivity contribution in [2.75, 3.05) is 25.0 Å². The fraction of sp³-hybridized carbons (Fsp3) is 0.267. The first-order chi connectivity index (χ1) is 31.1. The molecule has 0 saturated heterocycles. The Morgan fingerprint density at radius 2 is 1.37 bits per heavy atom. The van der Waals surface area contributed by atoms with Gasteiger partial charge in [-0.2, -0.15) is 0 Å². The summed E-state index contributed by atoms with van der Waals surface area (Å²) in [6.07, 6.45) is 22.6. The number of hydrogen-bond donors (Lipinski definition) is 2. The van der Waals surface area contributed by atoms with E-state index in [1.54, 1.807) is 0 Å². The molecule has 63 heavy (non-hydrogen) atoms. The van der Waals surface area contributed by atoms with Crippen molar-refractivity contribution in [1.82, 2.24) is 5.32 Å². The zero-order chi connectivity index (χ0) is 42.6. The lowest BCUT2D eigenvalue weighted by Gasteiger charge is -2.22. The van der Waals surface area contributed by atoms with E-state index in [4.69, 9.17) is 5.73 Å². The largest absolute Gasteiger partial charge is 0.398 e. The smallest absolute Gasteiger partial charge is 0.0352 e. The summed E-state index contributed by atoms with van der Waals surface area (Å²) in [4.78, 5) is 0. The molecule has 316 valence electrons. The predicted octanol–water partition coefficient (Wildman–Crippen LogP) is 15.0. The van der Waals surface area contributed by atoms with E-state index < -0.39 is 0 Å². The van der Waals surface area contributed by atoms with Crippen LogP contribution in [0.1, 0.15) is 81.4 Å². The molecule has 1 fully saturated rings. The number of nitrogens with one attached hydrogen (secondary N) is 1. The third-order valence-electron chi connectivity index (χ3n) is 14.3. The van der Waals surface area contributed by atoms with Crippen molar-refractivity contribution in [1.29, 1.82) is 0 Å². The minimum Gasteiger partial charge on any atom is -0.398 e. The Morgan fingerprint density at radius 3 is 2.10 bits per heavy atom. The number of benzene rings is 7. The summed E-state index contributed by atoms with van der Waals surface area (Å²) in [6.45, 7) is 4.32. The lowest BCUT2D eigenvalue weighted by Crippen LogP contribution is -2.12. The van der Waals surface area contributed by atoms with Crippen molar-refractivity contribution >= 4 is 46.7 Å². The predicted molar refractivity (Wildman–Crippen MR) is 276 cm³/mol. The zero-order valence-electron chi connectivity index (χ0n) is 36.9. The van der Waals surface area contributed by atoms with Gasteiger partial charge in [0.2, 0.25) is 0 Å². The summed E-state index contributed by atoms with van der Waals surface area (Å²) in [5, 5.41) is 10.5. The lowest BCUT2D eigenvalue weighted by atomic mass is 9.81. The van der Waals surface area contributed by atoms with Crippen molar-refractivity contribution in [2.45, 2.75) is 76.5 Å². The third kappa shape index (κ3) is 8.87. The van der Waals surface area contributed by atoms with Crippen LogP contribution in [0.25, 0.3) is 60.5 Å². The molecule has 0 amide bonds. The summed E-state index contributed by atoms with van der Waals surface area (Å²) in [7, 11) is 0.813. The Hall–Kier alpha value is -5.53. The highest BCUT2D eigenvalue weighted by Gasteiger charge is 2.43. The number of fused-ring (bicyclic) bond motifs is 2. The van der Waals surface area contributed by atoms with Gasteiger partial charge in [-0.05, 0) is 188 Å². The van der Waals surface area contributed by atoms with E-state index in [1.807, 2.05) is 0 Å². The van der Waals surface area contributed by atoms with Crippen molar-refractivity contribution < 1.29 is 0 Å². The molecule has 1 aliphatic heterocycles. The number of nitrogen functional groups attached to an aromatic ring is 1. The van der Waals surface area contributed by atoms with E-state index in [-0.39, 0.29) is 0 Å². The van der Waals surface area contributed by atoms with Gasteiger partial charge in [0.25, 0.3) is 0 Å². The van der Waals surface area contributed by atoms with Crippen LogP contribution in [0.4, 0.5) is 5.69 Å². The second-order valence-corrected chi connectivity index (χ2v) is 19.7. The van der Waals surface area contributed by atoms with Gasteiger partial charge in [-0.15, -0.1) is 0 Å². The molecule has 2 unspecified atom stereocenters. The van der Waals surface area contributed by atoms with E-state index in [0.29, 0.717) is 11.3 Å². The molecule has 2 nitrogen and oxygen atoms in total. The van der Waals surface area contributed by atoms with E-state index in [2.05, 4.69) is 176 Å². The molecule has 10 rings (SSSR count). The minimum atomic E-state index is 0.349. The Labute approximate surface area is 377 Å². The molecule has 1 heterocycles. The topological polar surface area (TPSA) is 38.0 Å². The molecule has 3 aliphatic rings. The summed E-state index contributed by atoms with van der Waals surface area (Å²) in [5.74, 6) is 0.542. The normalized spacial score (nSPS) is 16.6. The number of nitrogens with two attached hydrogens (primary N) is 1. The lowest BCUT2D eigenvalue weighted by molar-refractivity contribution is 0.607. The number of aryl methyl sites for hydroxylation is 1. The summed E-state index contributed by atoms with van der Waals surface area (Å²) < 4.78 is 0. The zero-order valence-corrected chi connectivity index (χ0v) is 37.9. The van der Waals surface area contributed by atoms with Gasteiger partial charge < -0.3 is 11.1 Å². The number of allylic oxidation sites excluding steroid dienone is 5. The molecule has 0 spiro atoms. The maximum atomic E-state index is 6.85. The molecule has 2 aliphatic carbocycles. The molecule has 7 aromatic rings. The van der Waals surface area contributed by atoms with E-state index in [0.717, 1.165) is 65.9 Å². The average molecular weight is 841 g/mol. The molecule has 0 aromatic heterocycles. The van der Waals surface area contributed by atoms with Gasteiger partial charge in [0, 0.05) is 12.2 Å². The standard InChI is InChI=1S/C60H61N2P/c1-2-33-60(34-35-60)51-29-31-54-56(40-51)59(47-17-12-36-62-37-32-47)53-30-28-48(38-55(53)58(54)46-15-8-4-9-16-46)43-20-22-44(23-21-43)49-26-24-45(57(61)39-49)25-27-50(42-13-6-3-7-14-42)41-63-52-18-10-5-11-19-52/h4-6,8-11,13-16,18-24,26,28-32,38-40,50,62-63H,2-3,7,12,17,25,27,33-37,41,61H2,1H3. The minimum absolute atomic E-state index is 0.349. The molecule has 1 saturated carbocycles. The fourth-order valence-electron chi connectivity index (χ4n) is 10.6. The average Bonchev–Trinajstić information content (AvgIpc) is 4.17. The van der Waals surface area contributed by atoms with Crippen LogP contribution in [0, 0.1) is 5.92 Å². The first kappa shape index (κ1) is 41.5. The van der Waals surface area contributed by atoms with Crippen molar-refractivity contribution in [3.05, 3.63) is 186 Å². The van der Waals surface area contributed by atoms with Crippen LogP contribution in [0.2, 0.25) is 0 Å². The van der Waals surface area contributed by atoms with Crippen LogP contribution < -0.4 is 16.4 Å². The maximum absolute atomic E-state index is 6.85. The van der Waals surface area contributed by atoms with Gasteiger partial charge in [0.05, 0.1) is 0 Å². The molecule has 3 N–H and O–H groups in total. The number of rotatable bonds is 14. The van der Waals surface area contributed by atoms with Gasteiger partial charge in [0.15, 0.2) is 0 Å². The van der Waals surface area contributed by atoms with Gasteiger partial charge in [-0.1, -0.05) is 168 Å². The van der Waals surface area contributed by atoms with E-state index in [9.17, 15) is 0 Å². The number of hydrogen-bond acceptors (Lipinski definition) is 2. The monoisotopic (exact) mass is 840 g/mol. The van der Waals surface area contributed by atoms with Gasteiger partial charge in [0.1, 0.15) is 0 Å². The maximum Gasteiger partial charge on any atom is 0.0352 e. The Bertz CT molecular complexity index is 2830. The van der Waals surface area contributed by atoms with Crippen LogP contribution in [-0.2, 0) is 11.8 Å². The van der Waals surface area contributed by atoms with Gasteiger partial charge in [-0.25, -0.2) is 0 Å². The van der Waals surface area contributed by atoms with E-state index in [1.165, 1.54) is 120 Å². The van der Waals surface area contributed by atoms with E-state index >= 15 is 0 Å². The quantitative estimate of drug-likeness (QED) is 0.0650. The highest BCUT2D eigenvalue weighted by atomic mass is 31.1. The van der Waals surface area contributed by atoms with Gasteiger partial charge >= 0.3 is 0 Å². The molecule has 0 radical (unpaired) electrons. The molecule has 7 aromatic carbocycles. The first-order valence-corrected chi connectivity index (χ1v) is 24.9. The SMILES string of the molecule is CCCC1(c2ccc3c(-c4ccccc4)c4cc(-c5ccc(-c6ccc(CCC(CPc7ccccc7)C7=CCCC=C7)c(N)c6)cc5)ccc4c(C4=CCNCCC4)c3c2)CC1. The molecule has 3 heteroatoms. The highest BCUT2D eigenvalue weighted by molar-refractivity contribution is 7.47. The van der Waals surface area contributed by atoms with Crippen LogP contribution in [0.5, 0.6) is 0 Å². The second kappa shape index (κ2) is 18.7. The Kier molecular flexibility index (Phi) is 12.3. The van der Waals surface area contributed by atoms with Crippen molar-refractivity contribution in [3.8, 4) is 33.4 Å². The Balaban J connectivity index is 0.966. The Morgan fingerprint density at radius 1 is 0.667 bits per heavy atom. The van der Waals surface area contributed by atoms with Crippen LogP contribution >= 0.6 is 8.58 Å². The van der Waals surface area contributed by atoms with Crippen LogP contribution in [0.15, 0.2) is 169 Å². The highest BCUT2D eigenvalue weighted by Crippen LogP contribution is 2.53. The number of anilines is 1. The summed E-state index contributed by atoms with van der Waals surface area (Å²) >= 11 is 0. The van der Waals surface area contributed by atoms with Gasteiger partial charge in [-0.3, -0.25) is 0 Å². The summed E-state index contributed by atoms with van der Waals surface area (Å²) in [6, 6.07) is 52.7. The first-order valence-electron chi connectivity index (χ1n) is 23.7.